The molecule has 0 fully saturated rings. The van der Waals surface area contributed by atoms with Gasteiger partial charge in [0.1, 0.15) is 0 Å². The smallest absolute Gasteiger partial charge is 0.224 e. The molecule has 0 bridgehead atoms. The van der Waals surface area contributed by atoms with Gasteiger partial charge in [0, 0.05) is 19.4 Å². The molecule has 0 aliphatic heterocycles. The van der Waals surface area contributed by atoms with Crippen LogP contribution in [-0.2, 0) is 4.79 Å². The predicted octanol–water partition coefficient (Wildman–Crippen LogP) is 1.40. The fraction of sp³-hybridized carbons (Fsp3) is 0.400. The first-order chi connectivity index (χ1) is 10.1. The Bertz CT molecular complexity index is 583. The minimum Gasteiger partial charge on any atom is -0.425 e. The first kappa shape index (κ1) is 15.2. The number of nitrogens with zero attached hydrogens (tertiary/aromatic N) is 2. The molecular weight excluding hydrogens is 270 g/mol. The van der Waals surface area contributed by atoms with Crippen LogP contribution in [0.3, 0.4) is 0 Å². The van der Waals surface area contributed by atoms with Gasteiger partial charge in [0.15, 0.2) is 0 Å². The second-order valence-corrected chi connectivity index (χ2v) is 4.98. The Hall–Kier alpha value is -2.21. The number of rotatable bonds is 6. The van der Waals surface area contributed by atoms with Crippen molar-refractivity contribution in [1.82, 2.24) is 15.5 Å². The minimum atomic E-state index is -0.293. The van der Waals surface area contributed by atoms with Gasteiger partial charge in [-0.25, -0.2) is 0 Å². The number of carbonyl (C=O) groups is 1. The van der Waals surface area contributed by atoms with Crippen molar-refractivity contribution in [1.29, 1.82) is 0 Å². The summed E-state index contributed by atoms with van der Waals surface area (Å²) < 4.78 is 5.48. The molecule has 6 nitrogen and oxygen atoms in total. The highest BCUT2D eigenvalue weighted by Crippen LogP contribution is 2.26. The Kier molecular flexibility index (Phi) is 5.05. The number of aryl methyl sites for hydroxylation is 1. The number of aromatic nitrogens is 2. The normalized spacial score (nSPS) is 13.7. The molecule has 1 aromatic heterocycles. The van der Waals surface area contributed by atoms with Crippen LogP contribution in [0.15, 0.2) is 34.7 Å². The third-order valence-electron chi connectivity index (χ3n) is 3.11. The van der Waals surface area contributed by atoms with Crippen molar-refractivity contribution < 1.29 is 14.3 Å². The van der Waals surface area contributed by atoms with Gasteiger partial charge in [-0.3, -0.25) is 4.79 Å². The molecule has 2 unspecified atom stereocenters. The van der Waals surface area contributed by atoms with E-state index in [1.807, 2.05) is 30.3 Å². The van der Waals surface area contributed by atoms with Gasteiger partial charge in [-0.05, 0) is 12.5 Å². The lowest BCUT2D eigenvalue weighted by Gasteiger charge is -2.15. The van der Waals surface area contributed by atoms with E-state index in [0.29, 0.717) is 11.8 Å². The van der Waals surface area contributed by atoms with Crippen LogP contribution in [0.25, 0.3) is 0 Å². The maximum Gasteiger partial charge on any atom is 0.224 e. The summed E-state index contributed by atoms with van der Waals surface area (Å²) >= 11 is 0. The molecule has 0 saturated carbocycles. The Balaban J connectivity index is 2.19. The molecule has 112 valence electrons. The van der Waals surface area contributed by atoms with Crippen molar-refractivity contribution in [2.24, 2.45) is 0 Å². The van der Waals surface area contributed by atoms with Gasteiger partial charge in [-0.2, -0.15) is 0 Å². The second-order valence-electron chi connectivity index (χ2n) is 4.98. The summed E-state index contributed by atoms with van der Waals surface area (Å²) in [4.78, 5) is 12.1. The van der Waals surface area contributed by atoms with Crippen LogP contribution in [0, 0.1) is 6.92 Å². The van der Waals surface area contributed by atoms with E-state index in [2.05, 4.69) is 15.5 Å². The summed E-state index contributed by atoms with van der Waals surface area (Å²) in [5, 5.41) is 19.6. The highest BCUT2D eigenvalue weighted by molar-refractivity contribution is 5.77. The van der Waals surface area contributed by atoms with Crippen molar-refractivity contribution in [3.8, 4) is 0 Å². The van der Waals surface area contributed by atoms with Crippen LogP contribution in [0.1, 0.15) is 36.6 Å². The summed E-state index contributed by atoms with van der Waals surface area (Å²) in [5.74, 6) is 0.431. The molecule has 0 saturated heterocycles. The quantitative estimate of drug-likeness (QED) is 0.839. The average molecular weight is 289 g/mol. The predicted molar refractivity (Wildman–Crippen MR) is 76.6 cm³/mol. The lowest BCUT2D eigenvalue weighted by Crippen LogP contribution is -2.35. The van der Waals surface area contributed by atoms with E-state index in [4.69, 9.17) is 9.52 Å². The number of hydrogen-bond donors (Lipinski definition) is 2. The fourth-order valence-corrected chi connectivity index (χ4v) is 2.05. The van der Waals surface area contributed by atoms with E-state index < -0.39 is 0 Å². The van der Waals surface area contributed by atoms with E-state index in [1.54, 1.807) is 13.8 Å². The van der Waals surface area contributed by atoms with Crippen LogP contribution >= 0.6 is 0 Å². The highest BCUT2D eigenvalue weighted by Gasteiger charge is 2.23. The summed E-state index contributed by atoms with van der Waals surface area (Å²) in [5.41, 5.74) is 0.938. The molecule has 1 heterocycles. The van der Waals surface area contributed by atoms with Crippen LogP contribution < -0.4 is 5.32 Å². The molecular formula is C15H19N3O3. The van der Waals surface area contributed by atoms with E-state index in [1.165, 1.54) is 0 Å². The number of amides is 1. The van der Waals surface area contributed by atoms with Crippen molar-refractivity contribution in [2.45, 2.75) is 32.2 Å². The third-order valence-corrected chi connectivity index (χ3v) is 3.11. The fourth-order valence-electron chi connectivity index (χ4n) is 2.05. The third kappa shape index (κ3) is 4.13. The second kappa shape index (κ2) is 6.99. The largest absolute Gasteiger partial charge is 0.425 e. The molecule has 2 N–H and O–H groups in total. The van der Waals surface area contributed by atoms with Gasteiger partial charge < -0.3 is 14.8 Å². The molecule has 0 aliphatic carbocycles. The van der Waals surface area contributed by atoms with Gasteiger partial charge in [0.2, 0.25) is 17.7 Å². The summed E-state index contributed by atoms with van der Waals surface area (Å²) in [6.07, 6.45) is 0.190. The van der Waals surface area contributed by atoms with Crippen molar-refractivity contribution in [3.63, 3.8) is 0 Å². The van der Waals surface area contributed by atoms with Gasteiger partial charge >= 0.3 is 0 Å². The summed E-state index contributed by atoms with van der Waals surface area (Å²) in [6, 6.07) is 9.28. The van der Waals surface area contributed by atoms with Crippen LogP contribution in [0.2, 0.25) is 0 Å². The molecule has 21 heavy (non-hydrogen) atoms. The van der Waals surface area contributed by atoms with E-state index in [0.717, 1.165) is 5.56 Å². The van der Waals surface area contributed by atoms with Crippen LogP contribution in [0.5, 0.6) is 0 Å². The van der Waals surface area contributed by atoms with Crippen LogP contribution in [0.4, 0.5) is 0 Å². The van der Waals surface area contributed by atoms with Crippen molar-refractivity contribution in [3.05, 3.63) is 47.7 Å². The monoisotopic (exact) mass is 289 g/mol. The Morgan fingerprint density at radius 1 is 1.33 bits per heavy atom. The van der Waals surface area contributed by atoms with E-state index >= 15 is 0 Å². The number of benzene rings is 1. The molecule has 2 aromatic rings. The molecule has 0 aliphatic rings. The zero-order valence-corrected chi connectivity index (χ0v) is 12.1. The zero-order chi connectivity index (χ0) is 15.2. The molecule has 6 heteroatoms. The molecule has 1 aromatic carbocycles. The van der Waals surface area contributed by atoms with Gasteiger partial charge in [0.25, 0.3) is 0 Å². The molecule has 2 atom stereocenters. The standard InChI is InChI=1S/C15H19N3O3/c1-10(9-19)16-14(20)8-13(12-6-4-3-5-7-12)15-18-17-11(2)21-15/h3-7,10,13,19H,8-9H2,1-2H3,(H,16,20). The van der Waals surface area contributed by atoms with Gasteiger partial charge in [-0.1, -0.05) is 30.3 Å². The summed E-state index contributed by atoms with van der Waals surface area (Å²) in [6.45, 7) is 3.36. The number of carbonyl (C=O) groups excluding carboxylic acids is 1. The first-order valence-corrected chi connectivity index (χ1v) is 6.85. The number of hydrogen-bond acceptors (Lipinski definition) is 5. The minimum absolute atomic E-state index is 0.0958. The van der Waals surface area contributed by atoms with E-state index in [9.17, 15) is 4.79 Å². The zero-order valence-electron chi connectivity index (χ0n) is 12.1. The first-order valence-electron chi connectivity index (χ1n) is 6.85. The number of aliphatic hydroxyl groups excluding tert-OH is 1. The topological polar surface area (TPSA) is 88.2 Å². The number of aliphatic hydroxyl groups is 1. The molecule has 0 radical (unpaired) electrons. The van der Waals surface area contributed by atoms with Crippen molar-refractivity contribution >= 4 is 5.91 Å². The lowest BCUT2D eigenvalue weighted by molar-refractivity contribution is -0.122. The summed E-state index contributed by atoms with van der Waals surface area (Å²) in [7, 11) is 0. The molecule has 2 rings (SSSR count). The van der Waals surface area contributed by atoms with Crippen molar-refractivity contribution in [2.75, 3.05) is 6.61 Å². The molecule has 1 amide bonds. The maximum atomic E-state index is 12.1. The maximum absolute atomic E-state index is 12.1. The van der Waals surface area contributed by atoms with Gasteiger partial charge in [-0.15, -0.1) is 10.2 Å². The SMILES string of the molecule is Cc1nnc(C(CC(=O)NC(C)CO)c2ccccc2)o1. The Labute approximate surface area is 123 Å². The molecule has 0 spiro atoms. The Morgan fingerprint density at radius 3 is 2.62 bits per heavy atom. The van der Waals surface area contributed by atoms with Crippen LogP contribution in [-0.4, -0.2) is 33.9 Å². The van der Waals surface area contributed by atoms with E-state index in [-0.39, 0.29) is 30.9 Å². The number of nitrogens with one attached hydrogen (secondary N) is 1. The highest BCUT2D eigenvalue weighted by atomic mass is 16.4. The Morgan fingerprint density at radius 2 is 2.05 bits per heavy atom. The average Bonchev–Trinajstić information content (AvgIpc) is 2.92. The lowest BCUT2D eigenvalue weighted by atomic mass is 9.95. The van der Waals surface area contributed by atoms with Gasteiger partial charge in [0.05, 0.1) is 12.5 Å².